The molecule has 0 aliphatic carbocycles. The maximum absolute atomic E-state index is 8.55. The van der Waals surface area contributed by atoms with Crippen LogP contribution in [0.4, 0.5) is 5.69 Å². The maximum Gasteiger partial charge on any atom is 0.0666 e. The number of hydrogen-bond acceptors (Lipinski definition) is 2. The third-order valence-corrected chi connectivity index (χ3v) is 2.34. The van der Waals surface area contributed by atoms with E-state index in [0.717, 1.165) is 16.8 Å². The van der Waals surface area contributed by atoms with E-state index in [4.69, 9.17) is 5.53 Å². The highest BCUT2D eigenvalue weighted by atomic mass is 15.1. The molecule has 4 heteroatoms. The molecule has 0 aliphatic rings. The molecule has 2 aromatic rings. The van der Waals surface area contributed by atoms with E-state index in [2.05, 4.69) is 15.0 Å². The quantitative estimate of drug-likeness (QED) is 0.419. The van der Waals surface area contributed by atoms with Crippen molar-refractivity contribution in [1.29, 1.82) is 0 Å². The van der Waals surface area contributed by atoms with Gasteiger partial charge < -0.3 is 0 Å². The summed E-state index contributed by atoms with van der Waals surface area (Å²) in [4.78, 5) is 6.96. The average molecular weight is 210 g/mol. The van der Waals surface area contributed by atoms with Crippen molar-refractivity contribution in [3.63, 3.8) is 0 Å². The lowest BCUT2D eigenvalue weighted by molar-refractivity contribution is 1.18. The van der Waals surface area contributed by atoms with Crippen LogP contribution in [0.25, 0.3) is 21.6 Å². The zero-order valence-electron chi connectivity index (χ0n) is 8.83. The molecule has 0 radical (unpaired) electrons. The minimum atomic E-state index is 0.594. The molecule has 0 saturated carbocycles. The van der Waals surface area contributed by atoms with Crippen LogP contribution in [0.5, 0.6) is 0 Å². The molecule has 0 fully saturated rings. The summed E-state index contributed by atoms with van der Waals surface area (Å²) in [5.74, 6) is 0. The maximum atomic E-state index is 8.55. The summed E-state index contributed by atoms with van der Waals surface area (Å²) in [7, 11) is 0. The lowest BCUT2D eigenvalue weighted by Gasteiger charge is -2.06. The second kappa shape index (κ2) is 4.47. The standard InChI is InChI=1S/C12H10N4/c1-9-12(15-16-13)11(7-8-14-9)10-5-3-2-4-6-10/h2-8H,1H3. The molecule has 0 spiro atoms. The fraction of sp³-hybridized carbons (Fsp3) is 0.0833. The highest BCUT2D eigenvalue weighted by Gasteiger charge is 2.06. The van der Waals surface area contributed by atoms with Gasteiger partial charge in [-0.15, -0.1) is 0 Å². The van der Waals surface area contributed by atoms with Crippen LogP contribution in [0, 0.1) is 6.92 Å². The first-order chi connectivity index (χ1) is 7.83. The second-order valence-corrected chi connectivity index (χ2v) is 3.35. The molecule has 16 heavy (non-hydrogen) atoms. The molecule has 1 aromatic heterocycles. The number of pyridine rings is 1. The monoisotopic (exact) mass is 210 g/mol. The Hall–Kier alpha value is -2.32. The molecule has 0 saturated heterocycles. The SMILES string of the molecule is Cc1nccc(-c2ccccc2)c1N=[N+]=[N-]. The van der Waals surface area contributed by atoms with Gasteiger partial charge in [0.15, 0.2) is 0 Å². The third-order valence-electron chi connectivity index (χ3n) is 2.34. The van der Waals surface area contributed by atoms with Gasteiger partial charge in [0.1, 0.15) is 0 Å². The van der Waals surface area contributed by atoms with E-state index in [0.29, 0.717) is 5.69 Å². The first kappa shape index (κ1) is 10.2. The fourth-order valence-corrected chi connectivity index (χ4v) is 1.58. The van der Waals surface area contributed by atoms with Crippen LogP contribution in [0.3, 0.4) is 0 Å². The molecular formula is C12H10N4. The van der Waals surface area contributed by atoms with Crippen molar-refractivity contribution in [3.8, 4) is 11.1 Å². The van der Waals surface area contributed by atoms with Crippen molar-refractivity contribution < 1.29 is 0 Å². The normalized spacial score (nSPS) is 9.56. The number of hydrogen-bond donors (Lipinski definition) is 0. The Labute approximate surface area is 93.2 Å². The summed E-state index contributed by atoms with van der Waals surface area (Å²) in [6.45, 7) is 1.83. The molecule has 0 unspecified atom stereocenters. The Balaban J connectivity index is 2.65. The Kier molecular flexibility index (Phi) is 2.85. The predicted octanol–water partition coefficient (Wildman–Crippen LogP) is 4.00. The van der Waals surface area contributed by atoms with Gasteiger partial charge in [-0.25, -0.2) is 0 Å². The lowest BCUT2D eigenvalue weighted by Crippen LogP contribution is -1.85. The lowest BCUT2D eigenvalue weighted by atomic mass is 10.0. The number of benzene rings is 1. The van der Waals surface area contributed by atoms with Gasteiger partial charge in [0.05, 0.1) is 5.69 Å². The van der Waals surface area contributed by atoms with Gasteiger partial charge in [-0.3, -0.25) is 4.98 Å². The number of nitrogens with zero attached hydrogens (tertiary/aromatic N) is 4. The molecule has 0 amide bonds. The summed E-state index contributed by atoms with van der Waals surface area (Å²) >= 11 is 0. The summed E-state index contributed by atoms with van der Waals surface area (Å²) in [5, 5.41) is 3.70. The molecular weight excluding hydrogens is 200 g/mol. The number of rotatable bonds is 2. The molecule has 2 rings (SSSR count). The summed E-state index contributed by atoms with van der Waals surface area (Å²) in [5.41, 5.74) is 11.8. The van der Waals surface area contributed by atoms with Crippen LogP contribution in [-0.4, -0.2) is 4.98 Å². The van der Waals surface area contributed by atoms with Crippen molar-refractivity contribution >= 4 is 5.69 Å². The Morgan fingerprint density at radius 3 is 2.62 bits per heavy atom. The predicted molar refractivity (Wildman–Crippen MR) is 63.2 cm³/mol. The number of aromatic nitrogens is 1. The van der Waals surface area contributed by atoms with Crippen LogP contribution < -0.4 is 0 Å². The van der Waals surface area contributed by atoms with Crippen LogP contribution in [-0.2, 0) is 0 Å². The van der Waals surface area contributed by atoms with Gasteiger partial charge in [-0.2, -0.15) is 0 Å². The van der Waals surface area contributed by atoms with E-state index >= 15 is 0 Å². The smallest absolute Gasteiger partial charge is 0.0666 e. The topological polar surface area (TPSA) is 61.7 Å². The van der Waals surface area contributed by atoms with Crippen LogP contribution in [0.1, 0.15) is 5.69 Å². The van der Waals surface area contributed by atoms with Crippen molar-refractivity contribution in [2.75, 3.05) is 0 Å². The Morgan fingerprint density at radius 1 is 1.19 bits per heavy atom. The van der Waals surface area contributed by atoms with Gasteiger partial charge >= 0.3 is 0 Å². The van der Waals surface area contributed by atoms with Crippen molar-refractivity contribution in [2.45, 2.75) is 6.92 Å². The van der Waals surface area contributed by atoms with Gasteiger partial charge in [-0.05, 0) is 29.6 Å². The van der Waals surface area contributed by atoms with Gasteiger partial charge in [0, 0.05) is 16.8 Å². The first-order valence-corrected chi connectivity index (χ1v) is 4.89. The van der Waals surface area contributed by atoms with Gasteiger partial charge in [-0.1, -0.05) is 35.4 Å². The number of azide groups is 1. The molecule has 1 heterocycles. The molecule has 1 aromatic carbocycles. The summed E-state index contributed by atoms with van der Waals surface area (Å²) in [6, 6.07) is 11.7. The highest BCUT2D eigenvalue weighted by molar-refractivity contribution is 5.76. The largest absolute Gasteiger partial charge is 0.261 e. The van der Waals surface area contributed by atoms with Crippen LogP contribution >= 0.6 is 0 Å². The van der Waals surface area contributed by atoms with Crippen LogP contribution in [0.15, 0.2) is 47.7 Å². The molecule has 0 bridgehead atoms. The highest BCUT2D eigenvalue weighted by Crippen LogP contribution is 2.31. The summed E-state index contributed by atoms with van der Waals surface area (Å²) in [6.07, 6.45) is 1.72. The second-order valence-electron chi connectivity index (χ2n) is 3.35. The fourth-order valence-electron chi connectivity index (χ4n) is 1.58. The Morgan fingerprint density at radius 2 is 1.94 bits per heavy atom. The van der Waals surface area contributed by atoms with E-state index < -0.39 is 0 Å². The van der Waals surface area contributed by atoms with E-state index in [1.165, 1.54) is 0 Å². The van der Waals surface area contributed by atoms with E-state index in [-0.39, 0.29) is 0 Å². The number of aryl methyl sites for hydroxylation is 1. The zero-order valence-corrected chi connectivity index (χ0v) is 8.83. The van der Waals surface area contributed by atoms with E-state index in [1.807, 2.05) is 43.3 Å². The van der Waals surface area contributed by atoms with Crippen molar-refractivity contribution in [1.82, 2.24) is 4.98 Å². The molecule has 0 aliphatic heterocycles. The van der Waals surface area contributed by atoms with Gasteiger partial charge in [0.2, 0.25) is 0 Å². The minimum absolute atomic E-state index is 0.594. The zero-order chi connectivity index (χ0) is 11.4. The molecule has 0 atom stereocenters. The summed E-state index contributed by atoms with van der Waals surface area (Å²) < 4.78 is 0. The third kappa shape index (κ3) is 1.87. The van der Waals surface area contributed by atoms with Crippen molar-refractivity contribution in [2.24, 2.45) is 5.11 Å². The minimum Gasteiger partial charge on any atom is -0.261 e. The van der Waals surface area contributed by atoms with E-state index in [1.54, 1.807) is 6.20 Å². The molecule has 78 valence electrons. The molecule has 0 N–H and O–H groups in total. The van der Waals surface area contributed by atoms with Gasteiger partial charge in [0.25, 0.3) is 0 Å². The van der Waals surface area contributed by atoms with Crippen LogP contribution in [0.2, 0.25) is 0 Å². The molecule has 4 nitrogen and oxygen atoms in total. The van der Waals surface area contributed by atoms with E-state index in [9.17, 15) is 0 Å². The Bertz CT molecular complexity index is 542. The van der Waals surface area contributed by atoms with Crippen molar-refractivity contribution in [3.05, 3.63) is 58.7 Å². The first-order valence-electron chi connectivity index (χ1n) is 4.89. The average Bonchev–Trinajstić information content (AvgIpc) is 2.33.